The van der Waals surface area contributed by atoms with Crippen LogP contribution < -0.4 is 26.6 Å². The fourth-order valence-electron chi connectivity index (χ4n) is 6.23. The van der Waals surface area contributed by atoms with E-state index >= 15 is 0 Å². The van der Waals surface area contributed by atoms with E-state index in [1.807, 2.05) is 0 Å². The molecular weight excluding hydrogens is 804 g/mol. The predicted octanol–water partition coefficient (Wildman–Crippen LogP) is -0.789. The monoisotopic (exact) mass is 852 g/mol. The Balaban J connectivity index is 2.01. The Morgan fingerprint density at radius 2 is 1.74 bits per heavy atom. The van der Waals surface area contributed by atoms with Gasteiger partial charge in [-0.1, -0.05) is 19.9 Å². The van der Waals surface area contributed by atoms with Crippen LogP contribution in [0.1, 0.15) is 68.8 Å². The molecule has 0 saturated carbocycles. The molecule has 2 saturated heterocycles. The third kappa shape index (κ3) is 13.7. The van der Waals surface area contributed by atoms with Crippen molar-refractivity contribution in [3.63, 3.8) is 0 Å². The van der Waals surface area contributed by atoms with Crippen molar-refractivity contribution in [3.05, 3.63) is 35.4 Å². The number of esters is 1. The summed E-state index contributed by atoms with van der Waals surface area (Å²) in [6.07, 6.45) is -8.77. The molecule has 3 rings (SSSR count). The Bertz CT molecular complexity index is 1730. The number of alkyl halides is 3. The molecule has 2 aliphatic heterocycles. The van der Waals surface area contributed by atoms with Gasteiger partial charge in [-0.05, 0) is 56.7 Å². The third-order valence-corrected chi connectivity index (χ3v) is 9.63. The summed E-state index contributed by atoms with van der Waals surface area (Å²) >= 11 is 0. The average Bonchev–Trinajstić information content (AvgIpc) is 3.57. The van der Waals surface area contributed by atoms with Gasteiger partial charge in [-0.25, -0.2) is 9.36 Å². The SMILES string of the molecule is COC(=O)[C@H](CC(C)C)NC(=O)[C@@H]1CC[C@H]2OCCNC(=O)CC[C@H](NC(=O)c3cccc(C(F)(F)F)c3)C(=O)N[C@@H](CO)C(=O)N[C@@H]([C@@H](C)OP(=O)(O)O)C(=O)N21. The topological polar surface area (TPSA) is 288 Å². The van der Waals surface area contributed by atoms with Gasteiger partial charge in [-0.3, -0.25) is 33.3 Å². The molecule has 20 nitrogen and oxygen atoms in total. The van der Waals surface area contributed by atoms with Crippen LogP contribution in [0.3, 0.4) is 0 Å². The summed E-state index contributed by atoms with van der Waals surface area (Å²) < 4.78 is 67.3. The van der Waals surface area contributed by atoms with E-state index in [0.717, 1.165) is 31.1 Å². The Hall–Kier alpha value is -4.67. The molecule has 0 spiro atoms. The molecule has 58 heavy (non-hydrogen) atoms. The lowest BCUT2D eigenvalue weighted by Gasteiger charge is -2.35. The molecular formula is C34H48F3N6O14P. The molecule has 0 aliphatic carbocycles. The summed E-state index contributed by atoms with van der Waals surface area (Å²) in [5.41, 5.74) is -1.67. The van der Waals surface area contributed by atoms with Crippen LogP contribution in [0.25, 0.3) is 0 Å². The largest absolute Gasteiger partial charge is 0.469 e. The van der Waals surface area contributed by atoms with Crippen LogP contribution in [0.2, 0.25) is 0 Å². The quantitative estimate of drug-likeness (QED) is 0.100. The molecule has 0 radical (unpaired) electrons. The number of halogens is 3. The number of carbonyl (C=O) groups is 7. The molecule has 2 fully saturated rings. The number of nitrogens with one attached hydrogen (secondary N) is 5. The number of aliphatic hydroxyl groups is 1. The number of hydrogen-bond donors (Lipinski definition) is 8. The van der Waals surface area contributed by atoms with E-state index in [1.54, 1.807) is 13.8 Å². The zero-order valence-electron chi connectivity index (χ0n) is 31.9. The number of phosphoric ester groups is 1. The van der Waals surface area contributed by atoms with Crippen molar-refractivity contribution in [2.24, 2.45) is 5.92 Å². The van der Waals surface area contributed by atoms with Crippen molar-refractivity contribution < 1.29 is 80.2 Å². The number of hydrogen-bond acceptors (Lipinski definition) is 12. The van der Waals surface area contributed by atoms with Crippen molar-refractivity contribution in [2.45, 2.75) is 102 Å². The maximum atomic E-state index is 14.4. The zero-order chi connectivity index (χ0) is 43.5. The van der Waals surface area contributed by atoms with Crippen molar-refractivity contribution in [1.29, 1.82) is 0 Å². The number of benzene rings is 1. The van der Waals surface area contributed by atoms with E-state index in [2.05, 4.69) is 26.6 Å². The van der Waals surface area contributed by atoms with Gasteiger partial charge in [0, 0.05) is 18.5 Å². The Labute approximate surface area is 330 Å². The fraction of sp³-hybridized carbons (Fsp3) is 0.618. The predicted molar refractivity (Wildman–Crippen MR) is 191 cm³/mol. The molecule has 6 amide bonds. The minimum absolute atomic E-state index is 0.0121. The van der Waals surface area contributed by atoms with Crippen molar-refractivity contribution in [1.82, 2.24) is 31.5 Å². The second kappa shape index (κ2) is 20.8. The maximum absolute atomic E-state index is 14.4. The maximum Gasteiger partial charge on any atom is 0.469 e. The first-order valence-electron chi connectivity index (χ1n) is 18.1. The van der Waals surface area contributed by atoms with E-state index in [4.69, 9.17) is 14.0 Å². The standard InChI is InChI=1S/C34H48F3N6O14P/c1-17(2)14-22(33(51)55-4)40-31(49)24-9-11-26-43(24)32(50)27(18(3)57-58(52,53)54)42-30(48)23(16-44)41-29(47)21(8-10-25(45)38-12-13-56-26)39-28(46)19-6-5-7-20(15-19)34(35,36)37/h5-7,15,17-18,21-24,26-27,44H,8-14,16H2,1-4H3,(H,38,45)(H,39,46)(H,40,49)(H,41,47)(H,42,48)(H2,52,53,54)/t18-,21+,22+,23+,24+,26-,27+/m1/s1. The van der Waals surface area contributed by atoms with Gasteiger partial charge in [0.15, 0.2) is 0 Å². The van der Waals surface area contributed by atoms with Gasteiger partial charge < -0.3 is 55.9 Å². The lowest BCUT2D eigenvalue weighted by atomic mass is 10.0. The minimum Gasteiger partial charge on any atom is -0.467 e. The number of aliphatic hydroxyl groups excluding tert-OH is 1. The summed E-state index contributed by atoms with van der Waals surface area (Å²) in [4.78, 5) is 114. The van der Waals surface area contributed by atoms with E-state index in [9.17, 15) is 66.2 Å². The van der Waals surface area contributed by atoms with Crippen molar-refractivity contribution >= 4 is 49.2 Å². The summed E-state index contributed by atoms with van der Waals surface area (Å²) in [5, 5.41) is 21.8. The highest BCUT2D eigenvalue weighted by Gasteiger charge is 2.47. The molecule has 7 atom stereocenters. The van der Waals surface area contributed by atoms with Crippen LogP contribution in [-0.2, 0) is 53.5 Å². The number of carbonyl (C=O) groups excluding carboxylic acids is 7. The van der Waals surface area contributed by atoms with Crippen LogP contribution in [0, 0.1) is 5.92 Å². The van der Waals surface area contributed by atoms with Gasteiger partial charge in [0.05, 0.1) is 32.0 Å². The first-order valence-corrected chi connectivity index (χ1v) is 19.6. The van der Waals surface area contributed by atoms with E-state index in [1.165, 1.54) is 0 Å². The second-order valence-corrected chi connectivity index (χ2v) is 15.1. The molecule has 0 aromatic heterocycles. The summed E-state index contributed by atoms with van der Waals surface area (Å²) in [7, 11) is -4.26. The normalized spacial score (nSPS) is 24.1. The first-order chi connectivity index (χ1) is 27.1. The number of amides is 6. The molecule has 2 heterocycles. The smallest absolute Gasteiger partial charge is 0.467 e. The highest BCUT2D eigenvalue weighted by Crippen LogP contribution is 2.39. The Kier molecular flexibility index (Phi) is 17.1. The fourth-order valence-corrected chi connectivity index (χ4v) is 6.78. The molecule has 1 aromatic carbocycles. The third-order valence-electron chi connectivity index (χ3n) is 9.02. The molecule has 324 valence electrons. The van der Waals surface area contributed by atoms with Crippen molar-refractivity contribution in [2.75, 3.05) is 26.9 Å². The second-order valence-electron chi connectivity index (χ2n) is 13.9. The lowest BCUT2D eigenvalue weighted by molar-refractivity contribution is -0.156. The van der Waals surface area contributed by atoms with Gasteiger partial charge in [-0.2, -0.15) is 13.2 Å². The van der Waals surface area contributed by atoms with Crippen LogP contribution in [0.4, 0.5) is 13.2 Å². The number of rotatable bonds is 11. The van der Waals surface area contributed by atoms with Gasteiger partial charge in [0.1, 0.15) is 36.4 Å². The Morgan fingerprint density at radius 3 is 2.34 bits per heavy atom. The number of nitrogens with zero attached hydrogens (tertiary/aromatic N) is 1. The van der Waals surface area contributed by atoms with Gasteiger partial charge in [0.25, 0.3) is 11.8 Å². The number of methoxy groups -OCH3 is 1. The highest BCUT2D eigenvalue weighted by molar-refractivity contribution is 7.46. The Morgan fingerprint density at radius 1 is 1.05 bits per heavy atom. The summed E-state index contributed by atoms with van der Waals surface area (Å²) in [6.45, 7) is 2.90. The molecule has 2 aliphatic rings. The number of phosphoric acid groups is 1. The summed E-state index contributed by atoms with van der Waals surface area (Å²) in [5.74, 6) is -7.28. The van der Waals surface area contributed by atoms with Gasteiger partial charge in [-0.15, -0.1) is 0 Å². The first kappa shape index (κ1) is 47.7. The van der Waals surface area contributed by atoms with Crippen molar-refractivity contribution in [3.8, 4) is 0 Å². The van der Waals surface area contributed by atoms with Gasteiger partial charge >= 0.3 is 20.0 Å². The molecule has 8 N–H and O–H groups in total. The van der Waals surface area contributed by atoms with E-state index < -0.39 is 129 Å². The van der Waals surface area contributed by atoms with Crippen LogP contribution in [0.5, 0.6) is 0 Å². The van der Waals surface area contributed by atoms with Gasteiger partial charge in [0.2, 0.25) is 23.6 Å². The lowest BCUT2D eigenvalue weighted by Crippen LogP contribution is -2.63. The van der Waals surface area contributed by atoms with E-state index in [0.29, 0.717) is 12.1 Å². The molecule has 0 bridgehead atoms. The highest BCUT2D eigenvalue weighted by atomic mass is 31.2. The molecule has 1 aromatic rings. The van der Waals surface area contributed by atoms with Crippen LogP contribution in [0.15, 0.2) is 24.3 Å². The average molecular weight is 853 g/mol. The number of fused-ring (bicyclic) bond motifs is 1. The van der Waals surface area contributed by atoms with Crippen LogP contribution in [-0.4, -0.2) is 131 Å². The minimum atomic E-state index is -5.38. The molecule has 0 unspecified atom stereocenters. The zero-order valence-corrected chi connectivity index (χ0v) is 32.8. The van der Waals surface area contributed by atoms with Crippen LogP contribution >= 0.6 is 7.82 Å². The summed E-state index contributed by atoms with van der Waals surface area (Å²) in [6, 6.07) is -4.99. The molecule has 24 heteroatoms. The number of ether oxygens (including phenoxy) is 2. The van der Waals surface area contributed by atoms with E-state index in [-0.39, 0.29) is 38.3 Å².